The minimum absolute atomic E-state index is 0.0112. The number of carbonyl (C=O) groups is 2. The number of likely N-dealkylation sites (tertiary alicyclic amines) is 1. The molecule has 0 bridgehead atoms. The van der Waals surface area contributed by atoms with E-state index < -0.39 is 5.41 Å². The van der Waals surface area contributed by atoms with Crippen LogP contribution in [0.1, 0.15) is 51.6 Å². The molecule has 0 spiro atoms. The Morgan fingerprint density at radius 2 is 1.75 bits per heavy atom. The van der Waals surface area contributed by atoms with E-state index in [9.17, 15) is 9.59 Å². The van der Waals surface area contributed by atoms with E-state index in [1.807, 2.05) is 45.0 Å². The second-order valence-electron chi connectivity index (χ2n) is 5.46. The van der Waals surface area contributed by atoms with Gasteiger partial charge in [0.05, 0.1) is 11.5 Å². The Morgan fingerprint density at radius 3 is 2.20 bits per heavy atom. The molecule has 1 unspecified atom stereocenters. The molecule has 0 aromatic heterocycles. The smallest absolute Gasteiger partial charge is 0.236 e. The summed E-state index contributed by atoms with van der Waals surface area (Å²) in [5, 5.41) is 0. The van der Waals surface area contributed by atoms with Gasteiger partial charge in [0.2, 0.25) is 11.8 Å². The molecular weight excluding hydrogens is 318 g/mol. The molecule has 3 nitrogen and oxygen atoms in total. The van der Waals surface area contributed by atoms with E-state index in [2.05, 4.69) is 15.9 Å². The molecule has 20 heavy (non-hydrogen) atoms. The molecule has 1 aliphatic rings. The normalized spacial score (nSPS) is 19.5. The lowest BCUT2D eigenvalue weighted by Gasteiger charge is -2.27. The first-order valence-corrected chi connectivity index (χ1v) is 7.86. The van der Waals surface area contributed by atoms with Crippen molar-refractivity contribution in [2.24, 2.45) is 5.41 Å². The molecule has 2 amide bonds. The summed E-state index contributed by atoms with van der Waals surface area (Å²) in [5.74, 6) is -0.0583. The lowest BCUT2D eigenvalue weighted by Crippen LogP contribution is -2.37. The Labute approximate surface area is 128 Å². The quantitative estimate of drug-likeness (QED) is 0.776. The van der Waals surface area contributed by atoms with Gasteiger partial charge < -0.3 is 0 Å². The van der Waals surface area contributed by atoms with Gasteiger partial charge in [0, 0.05) is 10.9 Å². The van der Waals surface area contributed by atoms with Gasteiger partial charge in [0.25, 0.3) is 0 Å². The third kappa shape index (κ3) is 2.41. The first kappa shape index (κ1) is 15.2. The molecule has 1 atom stereocenters. The molecule has 1 heterocycles. The van der Waals surface area contributed by atoms with Crippen molar-refractivity contribution < 1.29 is 9.59 Å². The number of halogens is 1. The minimum atomic E-state index is -0.485. The summed E-state index contributed by atoms with van der Waals surface area (Å²) in [6.45, 7) is 5.89. The van der Waals surface area contributed by atoms with Crippen molar-refractivity contribution in [3.63, 3.8) is 0 Å². The highest BCUT2D eigenvalue weighted by atomic mass is 79.9. The number of carbonyl (C=O) groups excluding carboxylic acids is 2. The molecule has 0 N–H and O–H groups in total. The second-order valence-corrected chi connectivity index (χ2v) is 6.38. The van der Waals surface area contributed by atoms with Gasteiger partial charge in [-0.3, -0.25) is 14.5 Å². The van der Waals surface area contributed by atoms with Crippen molar-refractivity contribution in [3.05, 3.63) is 34.3 Å². The molecule has 0 radical (unpaired) electrons. The van der Waals surface area contributed by atoms with E-state index in [0.29, 0.717) is 6.42 Å². The maximum absolute atomic E-state index is 12.7. The first-order chi connectivity index (χ1) is 9.45. The lowest BCUT2D eigenvalue weighted by atomic mass is 9.81. The van der Waals surface area contributed by atoms with Crippen LogP contribution in [0.25, 0.3) is 0 Å². The summed E-state index contributed by atoms with van der Waals surface area (Å²) >= 11 is 3.39. The molecule has 1 aromatic rings. The third-order valence-electron chi connectivity index (χ3n) is 4.52. The van der Waals surface area contributed by atoms with E-state index in [4.69, 9.17) is 0 Å². The number of hydrogen-bond donors (Lipinski definition) is 0. The van der Waals surface area contributed by atoms with Crippen LogP contribution in [0.15, 0.2) is 28.7 Å². The van der Waals surface area contributed by atoms with Crippen molar-refractivity contribution in [1.29, 1.82) is 0 Å². The molecule has 1 fully saturated rings. The molecule has 2 rings (SSSR count). The van der Waals surface area contributed by atoms with E-state index in [0.717, 1.165) is 22.9 Å². The van der Waals surface area contributed by atoms with Gasteiger partial charge in [-0.25, -0.2) is 0 Å². The fourth-order valence-electron chi connectivity index (χ4n) is 2.90. The van der Waals surface area contributed by atoms with Crippen LogP contribution >= 0.6 is 15.9 Å². The SMILES string of the molecule is CCC1(CC)CC(=O)N(C(C)c2ccc(Br)cc2)C1=O. The van der Waals surface area contributed by atoms with Crippen LogP contribution in [0.5, 0.6) is 0 Å². The van der Waals surface area contributed by atoms with Crippen LogP contribution in [0.2, 0.25) is 0 Å². The Morgan fingerprint density at radius 1 is 1.20 bits per heavy atom. The van der Waals surface area contributed by atoms with Crippen LogP contribution in [0, 0.1) is 5.41 Å². The summed E-state index contributed by atoms with van der Waals surface area (Å²) in [6.07, 6.45) is 1.79. The maximum atomic E-state index is 12.7. The fraction of sp³-hybridized carbons (Fsp3) is 0.500. The Bertz CT molecular complexity index is 520. The van der Waals surface area contributed by atoms with Gasteiger partial charge in [-0.05, 0) is 37.5 Å². The highest BCUT2D eigenvalue weighted by Crippen LogP contribution is 2.42. The number of benzene rings is 1. The van der Waals surface area contributed by atoms with Crippen molar-refractivity contribution in [2.45, 2.75) is 46.1 Å². The van der Waals surface area contributed by atoms with Crippen LogP contribution in [-0.4, -0.2) is 16.7 Å². The Balaban J connectivity index is 2.30. The van der Waals surface area contributed by atoms with Crippen LogP contribution in [-0.2, 0) is 9.59 Å². The highest BCUT2D eigenvalue weighted by molar-refractivity contribution is 9.10. The summed E-state index contributed by atoms with van der Waals surface area (Å²) in [7, 11) is 0. The Hall–Kier alpha value is -1.16. The molecule has 0 aliphatic carbocycles. The summed E-state index contributed by atoms with van der Waals surface area (Å²) < 4.78 is 0.990. The molecular formula is C16H20BrNO2. The molecule has 0 saturated carbocycles. The predicted octanol–water partition coefficient (Wildman–Crippen LogP) is 4.08. The summed E-state index contributed by atoms with van der Waals surface area (Å²) in [6, 6.07) is 7.57. The van der Waals surface area contributed by atoms with Gasteiger partial charge in [0.15, 0.2) is 0 Å². The van der Waals surface area contributed by atoms with Crippen molar-refractivity contribution in [2.75, 3.05) is 0 Å². The van der Waals surface area contributed by atoms with Gasteiger partial charge >= 0.3 is 0 Å². The largest absolute Gasteiger partial charge is 0.275 e. The van der Waals surface area contributed by atoms with E-state index in [1.54, 1.807) is 0 Å². The van der Waals surface area contributed by atoms with Gasteiger partial charge in [-0.2, -0.15) is 0 Å². The minimum Gasteiger partial charge on any atom is -0.275 e. The number of nitrogens with zero attached hydrogens (tertiary/aromatic N) is 1. The molecule has 4 heteroatoms. The average Bonchev–Trinajstić information content (AvgIpc) is 2.70. The standard InChI is InChI=1S/C16H20BrNO2/c1-4-16(5-2)10-14(19)18(15(16)20)11(3)12-6-8-13(17)9-7-12/h6-9,11H,4-5,10H2,1-3H3. The zero-order valence-corrected chi connectivity index (χ0v) is 13.7. The van der Waals surface area contributed by atoms with Crippen molar-refractivity contribution in [1.82, 2.24) is 4.90 Å². The maximum Gasteiger partial charge on any atom is 0.236 e. The molecule has 108 valence electrons. The molecule has 1 saturated heterocycles. The van der Waals surface area contributed by atoms with E-state index >= 15 is 0 Å². The number of amides is 2. The van der Waals surface area contributed by atoms with Crippen LogP contribution in [0.3, 0.4) is 0 Å². The zero-order chi connectivity index (χ0) is 14.9. The van der Waals surface area contributed by atoms with Crippen LogP contribution in [0.4, 0.5) is 0 Å². The monoisotopic (exact) mass is 337 g/mol. The van der Waals surface area contributed by atoms with Crippen LogP contribution < -0.4 is 0 Å². The Kier molecular flexibility index (Phi) is 4.33. The predicted molar refractivity (Wildman–Crippen MR) is 82.0 cm³/mol. The van der Waals surface area contributed by atoms with Crippen molar-refractivity contribution >= 4 is 27.7 Å². The first-order valence-electron chi connectivity index (χ1n) is 7.07. The lowest BCUT2D eigenvalue weighted by molar-refractivity contribution is -0.144. The number of imide groups is 1. The van der Waals surface area contributed by atoms with E-state index in [1.165, 1.54) is 4.90 Å². The fourth-order valence-corrected chi connectivity index (χ4v) is 3.17. The topological polar surface area (TPSA) is 37.4 Å². The summed E-state index contributed by atoms with van der Waals surface area (Å²) in [5.41, 5.74) is 0.499. The number of rotatable bonds is 4. The van der Waals surface area contributed by atoms with Gasteiger partial charge in [-0.1, -0.05) is 41.9 Å². The van der Waals surface area contributed by atoms with Gasteiger partial charge in [0.1, 0.15) is 0 Å². The van der Waals surface area contributed by atoms with Crippen molar-refractivity contribution in [3.8, 4) is 0 Å². The van der Waals surface area contributed by atoms with Gasteiger partial charge in [-0.15, -0.1) is 0 Å². The number of hydrogen-bond acceptors (Lipinski definition) is 2. The zero-order valence-electron chi connectivity index (χ0n) is 12.1. The molecule has 1 aromatic carbocycles. The highest BCUT2D eigenvalue weighted by Gasteiger charge is 2.50. The third-order valence-corrected chi connectivity index (χ3v) is 5.05. The summed E-state index contributed by atoms with van der Waals surface area (Å²) in [4.78, 5) is 26.4. The average molecular weight is 338 g/mol. The molecule has 1 aliphatic heterocycles. The van der Waals surface area contributed by atoms with E-state index in [-0.39, 0.29) is 17.9 Å². The second kappa shape index (κ2) is 5.68.